The van der Waals surface area contributed by atoms with Gasteiger partial charge in [0.05, 0.1) is 0 Å². The average molecular weight is 237 g/mol. The highest BCUT2D eigenvalue weighted by Crippen LogP contribution is 2.12. The molecule has 0 aliphatic rings. The van der Waals surface area contributed by atoms with Gasteiger partial charge in [-0.05, 0) is 49.4 Å². The fraction of sp³-hybridized carbons (Fsp3) is 0.600. The van der Waals surface area contributed by atoms with E-state index in [9.17, 15) is 4.39 Å². The molecule has 1 nitrogen and oxygen atoms in total. The van der Waals surface area contributed by atoms with Crippen molar-refractivity contribution in [3.8, 4) is 0 Å². The summed E-state index contributed by atoms with van der Waals surface area (Å²) in [5.41, 5.74) is 1.21. The maximum absolute atomic E-state index is 12.8. The molecule has 1 aromatic carbocycles. The van der Waals surface area contributed by atoms with Crippen LogP contribution in [0.15, 0.2) is 24.3 Å². The highest BCUT2D eigenvalue weighted by atomic mass is 19.1. The first-order valence-electron chi connectivity index (χ1n) is 6.59. The molecule has 0 aliphatic heterocycles. The zero-order valence-corrected chi connectivity index (χ0v) is 11.2. The minimum Gasteiger partial charge on any atom is -0.314 e. The fourth-order valence-corrected chi connectivity index (χ4v) is 2.06. The summed E-state index contributed by atoms with van der Waals surface area (Å²) < 4.78 is 12.8. The van der Waals surface area contributed by atoms with Crippen LogP contribution in [0.2, 0.25) is 0 Å². The van der Waals surface area contributed by atoms with Gasteiger partial charge in [-0.1, -0.05) is 32.9 Å². The molecule has 1 atom stereocenters. The van der Waals surface area contributed by atoms with Gasteiger partial charge in [-0.2, -0.15) is 0 Å². The van der Waals surface area contributed by atoms with Crippen molar-refractivity contribution >= 4 is 0 Å². The molecule has 2 heteroatoms. The molecule has 0 heterocycles. The van der Waals surface area contributed by atoms with Gasteiger partial charge in [-0.15, -0.1) is 0 Å². The van der Waals surface area contributed by atoms with Crippen LogP contribution in [0.4, 0.5) is 4.39 Å². The van der Waals surface area contributed by atoms with Gasteiger partial charge < -0.3 is 5.32 Å². The molecule has 0 saturated heterocycles. The monoisotopic (exact) mass is 237 g/mol. The summed E-state index contributed by atoms with van der Waals surface area (Å²) in [6, 6.07) is 7.36. The normalized spacial score (nSPS) is 13.0. The molecule has 1 N–H and O–H groups in total. The second-order valence-corrected chi connectivity index (χ2v) is 5.11. The second-order valence-electron chi connectivity index (χ2n) is 5.11. The van der Waals surface area contributed by atoms with Crippen molar-refractivity contribution in [2.24, 2.45) is 5.92 Å². The van der Waals surface area contributed by atoms with E-state index < -0.39 is 0 Å². The van der Waals surface area contributed by atoms with Crippen LogP contribution >= 0.6 is 0 Å². The molecule has 0 aliphatic carbocycles. The summed E-state index contributed by atoms with van der Waals surface area (Å²) in [6.07, 6.45) is 3.30. The van der Waals surface area contributed by atoms with E-state index in [1.807, 2.05) is 12.1 Å². The number of halogens is 1. The minimum absolute atomic E-state index is 0.157. The topological polar surface area (TPSA) is 12.0 Å². The Morgan fingerprint density at radius 3 is 2.35 bits per heavy atom. The second kappa shape index (κ2) is 7.44. The Balaban J connectivity index is 2.54. The van der Waals surface area contributed by atoms with Crippen LogP contribution in [-0.4, -0.2) is 12.6 Å². The number of benzene rings is 1. The first-order valence-corrected chi connectivity index (χ1v) is 6.59. The van der Waals surface area contributed by atoms with E-state index >= 15 is 0 Å². The van der Waals surface area contributed by atoms with Gasteiger partial charge in [0.2, 0.25) is 0 Å². The number of nitrogens with one attached hydrogen (secondary N) is 1. The van der Waals surface area contributed by atoms with E-state index in [4.69, 9.17) is 0 Å². The predicted octanol–water partition coefficient (Wildman–Crippen LogP) is 3.78. The van der Waals surface area contributed by atoms with Crippen molar-refractivity contribution < 1.29 is 4.39 Å². The van der Waals surface area contributed by atoms with Crippen LogP contribution < -0.4 is 5.32 Å². The van der Waals surface area contributed by atoms with Crippen LogP contribution in [0, 0.1) is 11.7 Å². The van der Waals surface area contributed by atoms with Gasteiger partial charge >= 0.3 is 0 Å². The zero-order valence-electron chi connectivity index (χ0n) is 11.2. The molecular weight excluding hydrogens is 213 g/mol. The van der Waals surface area contributed by atoms with E-state index in [0.29, 0.717) is 12.0 Å². The summed E-state index contributed by atoms with van der Waals surface area (Å²) in [4.78, 5) is 0. The molecule has 1 unspecified atom stereocenters. The average Bonchev–Trinajstić information content (AvgIpc) is 2.28. The summed E-state index contributed by atoms with van der Waals surface area (Å²) in [5, 5.41) is 3.57. The highest BCUT2D eigenvalue weighted by molar-refractivity contribution is 5.17. The Labute approximate surface area is 104 Å². The SMILES string of the molecule is CCCNC(Cc1ccc(F)cc1)CC(C)C. The van der Waals surface area contributed by atoms with Crippen molar-refractivity contribution in [3.05, 3.63) is 35.6 Å². The van der Waals surface area contributed by atoms with E-state index in [1.165, 1.54) is 5.56 Å². The molecule has 96 valence electrons. The van der Waals surface area contributed by atoms with Crippen molar-refractivity contribution in [2.45, 2.75) is 46.1 Å². The molecule has 0 fully saturated rings. The number of hydrogen-bond acceptors (Lipinski definition) is 1. The van der Waals surface area contributed by atoms with Crippen LogP contribution in [0.3, 0.4) is 0 Å². The van der Waals surface area contributed by atoms with Gasteiger partial charge in [-0.3, -0.25) is 0 Å². The molecule has 1 aromatic rings. The largest absolute Gasteiger partial charge is 0.314 e. The van der Waals surface area contributed by atoms with E-state index in [-0.39, 0.29) is 5.82 Å². The van der Waals surface area contributed by atoms with Crippen LogP contribution in [-0.2, 0) is 6.42 Å². The molecule has 0 bridgehead atoms. The summed E-state index contributed by atoms with van der Waals surface area (Å²) in [6.45, 7) is 7.71. The molecule has 0 spiro atoms. The van der Waals surface area contributed by atoms with Crippen molar-refractivity contribution in [1.82, 2.24) is 5.32 Å². The van der Waals surface area contributed by atoms with Gasteiger partial charge in [0, 0.05) is 6.04 Å². The lowest BCUT2D eigenvalue weighted by atomic mass is 9.97. The molecule has 1 rings (SSSR count). The quantitative estimate of drug-likeness (QED) is 0.761. The highest BCUT2D eigenvalue weighted by Gasteiger charge is 2.10. The fourth-order valence-electron chi connectivity index (χ4n) is 2.06. The maximum atomic E-state index is 12.8. The van der Waals surface area contributed by atoms with Crippen LogP contribution in [0.5, 0.6) is 0 Å². The Hall–Kier alpha value is -0.890. The lowest BCUT2D eigenvalue weighted by Gasteiger charge is -2.20. The molecule has 0 aromatic heterocycles. The van der Waals surface area contributed by atoms with E-state index in [0.717, 1.165) is 25.8 Å². The predicted molar refractivity (Wildman–Crippen MR) is 71.6 cm³/mol. The lowest BCUT2D eigenvalue weighted by molar-refractivity contribution is 0.416. The number of rotatable bonds is 7. The standard InChI is InChI=1S/C15H24FN/c1-4-9-17-15(10-12(2)3)11-13-5-7-14(16)8-6-13/h5-8,12,15,17H,4,9-11H2,1-3H3. The Bertz CT molecular complexity index is 305. The smallest absolute Gasteiger partial charge is 0.123 e. The van der Waals surface area contributed by atoms with Crippen molar-refractivity contribution in [2.75, 3.05) is 6.54 Å². The minimum atomic E-state index is -0.157. The zero-order chi connectivity index (χ0) is 12.7. The third kappa shape index (κ3) is 5.83. The molecule has 0 radical (unpaired) electrons. The van der Waals surface area contributed by atoms with Gasteiger partial charge in [-0.25, -0.2) is 4.39 Å². The van der Waals surface area contributed by atoms with Crippen molar-refractivity contribution in [3.63, 3.8) is 0 Å². The first-order chi connectivity index (χ1) is 8.11. The third-order valence-corrected chi connectivity index (χ3v) is 2.83. The Morgan fingerprint density at radius 2 is 1.82 bits per heavy atom. The summed E-state index contributed by atoms with van der Waals surface area (Å²) in [7, 11) is 0. The lowest BCUT2D eigenvalue weighted by Crippen LogP contribution is -2.33. The van der Waals surface area contributed by atoms with Crippen molar-refractivity contribution in [1.29, 1.82) is 0 Å². The van der Waals surface area contributed by atoms with Crippen LogP contribution in [0.1, 0.15) is 39.2 Å². The Kier molecular flexibility index (Phi) is 6.20. The Morgan fingerprint density at radius 1 is 1.18 bits per heavy atom. The maximum Gasteiger partial charge on any atom is 0.123 e. The summed E-state index contributed by atoms with van der Waals surface area (Å²) >= 11 is 0. The third-order valence-electron chi connectivity index (χ3n) is 2.83. The number of hydrogen-bond donors (Lipinski definition) is 1. The summed E-state index contributed by atoms with van der Waals surface area (Å²) in [5.74, 6) is 0.528. The van der Waals surface area contributed by atoms with E-state index in [1.54, 1.807) is 12.1 Å². The van der Waals surface area contributed by atoms with Gasteiger partial charge in [0.25, 0.3) is 0 Å². The molecular formula is C15H24FN. The first kappa shape index (κ1) is 14.2. The van der Waals surface area contributed by atoms with Crippen LogP contribution in [0.25, 0.3) is 0 Å². The van der Waals surface area contributed by atoms with E-state index in [2.05, 4.69) is 26.1 Å². The van der Waals surface area contributed by atoms with Gasteiger partial charge in [0.15, 0.2) is 0 Å². The molecule has 0 saturated carbocycles. The molecule has 17 heavy (non-hydrogen) atoms. The van der Waals surface area contributed by atoms with Gasteiger partial charge in [0.1, 0.15) is 5.82 Å². The molecule has 0 amide bonds.